The summed E-state index contributed by atoms with van der Waals surface area (Å²) >= 11 is 0. The summed E-state index contributed by atoms with van der Waals surface area (Å²) in [6, 6.07) is 1.93. The van der Waals surface area contributed by atoms with Crippen molar-refractivity contribution in [3.05, 3.63) is 29.3 Å². The molecule has 0 unspecified atom stereocenters. The molecule has 0 amide bonds. The van der Waals surface area contributed by atoms with Gasteiger partial charge in [0.05, 0.1) is 0 Å². The molecule has 0 radical (unpaired) electrons. The molecule has 0 saturated heterocycles. The van der Waals surface area contributed by atoms with Crippen LogP contribution in [0.25, 0.3) is 0 Å². The SMILES string of the molecule is CCC(CC)CNS(=O)(=O)c1ccc(F)c(CNC)c1F. The van der Waals surface area contributed by atoms with Gasteiger partial charge in [0.25, 0.3) is 0 Å². The summed E-state index contributed by atoms with van der Waals surface area (Å²) in [5.74, 6) is -1.61. The first-order chi connectivity index (χ1) is 9.87. The predicted molar refractivity (Wildman–Crippen MR) is 78.4 cm³/mol. The number of nitrogens with one attached hydrogen (secondary N) is 2. The zero-order chi connectivity index (χ0) is 16.0. The first-order valence-corrected chi connectivity index (χ1v) is 8.46. The van der Waals surface area contributed by atoms with Crippen molar-refractivity contribution < 1.29 is 17.2 Å². The van der Waals surface area contributed by atoms with Crippen LogP contribution in [-0.4, -0.2) is 22.0 Å². The molecular weight excluding hydrogens is 298 g/mol. The summed E-state index contributed by atoms with van der Waals surface area (Å²) in [6.07, 6.45) is 1.66. The Bertz CT molecular complexity index is 573. The van der Waals surface area contributed by atoms with Crippen molar-refractivity contribution in [1.82, 2.24) is 10.0 Å². The fraction of sp³-hybridized carbons (Fsp3) is 0.571. The van der Waals surface area contributed by atoms with Crippen molar-refractivity contribution in [3.8, 4) is 0 Å². The van der Waals surface area contributed by atoms with Gasteiger partial charge in [-0.15, -0.1) is 0 Å². The summed E-state index contributed by atoms with van der Waals surface area (Å²) in [7, 11) is -2.45. The van der Waals surface area contributed by atoms with Crippen LogP contribution in [0.2, 0.25) is 0 Å². The molecule has 0 heterocycles. The standard InChI is InChI=1S/C14H22F2N2O2S/c1-4-10(5-2)8-18-21(19,20)13-7-6-12(15)11(9-17-3)14(13)16/h6-7,10,17-18H,4-5,8-9H2,1-3H3. The van der Waals surface area contributed by atoms with Crippen LogP contribution in [0.5, 0.6) is 0 Å². The molecule has 1 aromatic carbocycles. The van der Waals surface area contributed by atoms with Crippen LogP contribution < -0.4 is 10.0 Å². The summed E-state index contributed by atoms with van der Waals surface area (Å²) in [6.45, 7) is 4.10. The maximum absolute atomic E-state index is 14.2. The second-order valence-corrected chi connectivity index (χ2v) is 6.64. The van der Waals surface area contributed by atoms with E-state index in [0.29, 0.717) is 0 Å². The second-order valence-electron chi connectivity index (χ2n) is 4.90. The lowest BCUT2D eigenvalue weighted by molar-refractivity contribution is 0.475. The molecule has 1 aromatic rings. The van der Waals surface area contributed by atoms with Crippen molar-refractivity contribution in [2.45, 2.75) is 38.1 Å². The van der Waals surface area contributed by atoms with Crippen molar-refractivity contribution >= 4 is 10.0 Å². The molecule has 0 aliphatic heterocycles. The van der Waals surface area contributed by atoms with Crippen LogP contribution >= 0.6 is 0 Å². The summed E-state index contributed by atoms with van der Waals surface area (Å²) in [4.78, 5) is -0.514. The minimum atomic E-state index is -3.98. The third-order valence-electron chi connectivity index (χ3n) is 3.51. The Morgan fingerprint density at radius 2 is 1.81 bits per heavy atom. The Balaban J connectivity index is 3.06. The monoisotopic (exact) mass is 320 g/mol. The molecule has 1 rings (SSSR count). The molecule has 0 bridgehead atoms. The molecule has 0 fully saturated rings. The van der Waals surface area contributed by atoms with E-state index in [1.54, 1.807) is 0 Å². The average Bonchev–Trinajstić information content (AvgIpc) is 2.44. The number of benzene rings is 1. The smallest absolute Gasteiger partial charge is 0.243 e. The van der Waals surface area contributed by atoms with Crippen LogP contribution in [0, 0.1) is 17.6 Å². The van der Waals surface area contributed by atoms with Gasteiger partial charge in [0.2, 0.25) is 10.0 Å². The quantitative estimate of drug-likeness (QED) is 0.773. The van der Waals surface area contributed by atoms with Crippen molar-refractivity contribution in [3.63, 3.8) is 0 Å². The number of hydrogen-bond acceptors (Lipinski definition) is 3. The van der Waals surface area contributed by atoms with Gasteiger partial charge in [0, 0.05) is 18.7 Å². The molecule has 0 aromatic heterocycles. The molecule has 21 heavy (non-hydrogen) atoms. The molecule has 0 saturated carbocycles. The molecule has 0 aliphatic rings. The summed E-state index contributed by atoms with van der Waals surface area (Å²) in [5, 5.41) is 2.62. The minimum Gasteiger partial charge on any atom is -0.315 e. The molecular formula is C14H22F2N2O2S. The largest absolute Gasteiger partial charge is 0.315 e. The van der Waals surface area contributed by atoms with Crippen LogP contribution in [0.4, 0.5) is 8.78 Å². The first-order valence-electron chi connectivity index (χ1n) is 6.98. The lowest BCUT2D eigenvalue weighted by Gasteiger charge is -2.15. The number of sulfonamides is 1. The highest BCUT2D eigenvalue weighted by molar-refractivity contribution is 7.89. The Morgan fingerprint density at radius 3 is 2.33 bits per heavy atom. The zero-order valence-corrected chi connectivity index (χ0v) is 13.4. The van der Waals surface area contributed by atoms with E-state index in [1.807, 2.05) is 13.8 Å². The van der Waals surface area contributed by atoms with E-state index in [9.17, 15) is 17.2 Å². The van der Waals surface area contributed by atoms with E-state index < -0.39 is 26.6 Å². The van der Waals surface area contributed by atoms with Crippen LogP contribution in [-0.2, 0) is 16.6 Å². The lowest BCUT2D eigenvalue weighted by atomic mass is 10.0. The van der Waals surface area contributed by atoms with Gasteiger partial charge in [-0.25, -0.2) is 21.9 Å². The molecule has 0 atom stereocenters. The average molecular weight is 320 g/mol. The van der Waals surface area contributed by atoms with Gasteiger partial charge < -0.3 is 5.32 Å². The highest BCUT2D eigenvalue weighted by Crippen LogP contribution is 2.21. The maximum Gasteiger partial charge on any atom is 0.243 e. The van der Waals surface area contributed by atoms with E-state index in [1.165, 1.54) is 7.05 Å². The van der Waals surface area contributed by atoms with Gasteiger partial charge in [0.15, 0.2) is 5.82 Å². The van der Waals surface area contributed by atoms with E-state index in [2.05, 4.69) is 10.0 Å². The molecule has 0 aliphatic carbocycles. The van der Waals surface area contributed by atoms with Crippen LogP contribution in [0.1, 0.15) is 32.3 Å². The molecule has 120 valence electrons. The van der Waals surface area contributed by atoms with Crippen molar-refractivity contribution in [1.29, 1.82) is 0 Å². The first kappa shape index (κ1) is 18.0. The summed E-state index contributed by atoms with van der Waals surface area (Å²) < 4.78 is 54.5. The number of hydrogen-bond donors (Lipinski definition) is 2. The van der Waals surface area contributed by atoms with Gasteiger partial charge in [-0.3, -0.25) is 0 Å². The molecule has 2 N–H and O–H groups in total. The van der Waals surface area contributed by atoms with Crippen LogP contribution in [0.15, 0.2) is 17.0 Å². The fourth-order valence-electron chi connectivity index (χ4n) is 2.01. The van der Waals surface area contributed by atoms with E-state index in [0.717, 1.165) is 25.0 Å². The second kappa shape index (κ2) is 7.82. The van der Waals surface area contributed by atoms with E-state index in [-0.39, 0.29) is 24.6 Å². The fourth-order valence-corrected chi connectivity index (χ4v) is 3.22. The lowest BCUT2D eigenvalue weighted by Crippen LogP contribution is -2.30. The Labute approximate surface area is 125 Å². The molecule has 4 nitrogen and oxygen atoms in total. The van der Waals surface area contributed by atoms with Gasteiger partial charge >= 0.3 is 0 Å². The molecule has 0 spiro atoms. The van der Waals surface area contributed by atoms with Crippen molar-refractivity contribution in [2.75, 3.05) is 13.6 Å². The normalized spacial score (nSPS) is 12.1. The predicted octanol–water partition coefficient (Wildman–Crippen LogP) is 2.40. The minimum absolute atomic E-state index is 0.0758. The van der Waals surface area contributed by atoms with Crippen LogP contribution in [0.3, 0.4) is 0 Å². The Morgan fingerprint density at radius 1 is 1.19 bits per heavy atom. The topological polar surface area (TPSA) is 58.2 Å². The van der Waals surface area contributed by atoms with E-state index >= 15 is 0 Å². The zero-order valence-electron chi connectivity index (χ0n) is 12.5. The third kappa shape index (κ3) is 4.46. The number of rotatable bonds is 8. The summed E-state index contributed by atoms with van der Waals surface area (Å²) in [5.41, 5.74) is -0.275. The van der Waals surface area contributed by atoms with Gasteiger partial charge in [-0.2, -0.15) is 0 Å². The van der Waals surface area contributed by atoms with Crippen molar-refractivity contribution in [2.24, 2.45) is 5.92 Å². The van der Waals surface area contributed by atoms with Gasteiger partial charge in [0.1, 0.15) is 10.7 Å². The van der Waals surface area contributed by atoms with Gasteiger partial charge in [-0.1, -0.05) is 26.7 Å². The van der Waals surface area contributed by atoms with E-state index in [4.69, 9.17) is 0 Å². The highest BCUT2D eigenvalue weighted by atomic mass is 32.2. The third-order valence-corrected chi connectivity index (χ3v) is 4.95. The highest BCUT2D eigenvalue weighted by Gasteiger charge is 2.23. The molecule has 7 heteroatoms. The van der Waals surface area contributed by atoms with Gasteiger partial charge in [-0.05, 0) is 25.1 Å². The Kier molecular flexibility index (Phi) is 6.70. The number of halogens is 2. The Hall–Kier alpha value is -1.05. The maximum atomic E-state index is 14.2.